The van der Waals surface area contributed by atoms with Gasteiger partial charge in [-0.1, -0.05) is 30.3 Å². The molecule has 3 aromatic rings. The lowest BCUT2D eigenvalue weighted by Gasteiger charge is -2.17. The van der Waals surface area contributed by atoms with Crippen LogP contribution >= 0.6 is 0 Å². The maximum Gasteiger partial charge on any atom is 0.157 e. The Morgan fingerprint density at radius 2 is 2.00 bits per heavy atom. The smallest absolute Gasteiger partial charge is 0.157 e. The van der Waals surface area contributed by atoms with Gasteiger partial charge in [0.15, 0.2) is 5.65 Å². The van der Waals surface area contributed by atoms with Crippen LogP contribution in [0.25, 0.3) is 5.65 Å². The molecule has 5 nitrogen and oxygen atoms in total. The molecule has 0 aliphatic rings. The minimum Gasteiger partial charge on any atom is -0.394 e. The third kappa shape index (κ3) is 2.41. The summed E-state index contributed by atoms with van der Waals surface area (Å²) in [5.74, 6) is 0.718. The van der Waals surface area contributed by atoms with E-state index in [2.05, 4.69) is 15.4 Å². The predicted octanol–water partition coefficient (Wildman–Crippen LogP) is 1.87. The fourth-order valence-corrected chi connectivity index (χ4v) is 1.99. The second-order valence-electron chi connectivity index (χ2n) is 4.24. The van der Waals surface area contributed by atoms with Gasteiger partial charge in [0.2, 0.25) is 0 Å². The number of aromatic nitrogens is 3. The van der Waals surface area contributed by atoms with Gasteiger partial charge in [-0.15, -0.1) is 0 Å². The Hall–Kier alpha value is -2.40. The molecular weight excluding hydrogens is 240 g/mol. The van der Waals surface area contributed by atoms with Crippen LogP contribution in [0.2, 0.25) is 0 Å². The Labute approximate surface area is 110 Å². The van der Waals surface area contributed by atoms with Crippen molar-refractivity contribution >= 4 is 11.5 Å². The van der Waals surface area contributed by atoms with E-state index in [1.165, 1.54) is 0 Å². The number of hydrogen-bond donors (Lipinski definition) is 2. The SMILES string of the molecule is OCC(Nc1ccn2nccc2n1)c1ccccc1. The lowest BCUT2D eigenvalue weighted by atomic mass is 10.1. The van der Waals surface area contributed by atoms with Gasteiger partial charge >= 0.3 is 0 Å². The van der Waals surface area contributed by atoms with Crippen molar-refractivity contribution in [1.82, 2.24) is 14.6 Å². The molecule has 0 fully saturated rings. The van der Waals surface area contributed by atoms with Crippen molar-refractivity contribution in [2.75, 3.05) is 11.9 Å². The molecule has 0 aliphatic heterocycles. The lowest BCUT2D eigenvalue weighted by molar-refractivity contribution is 0.276. The second-order valence-corrected chi connectivity index (χ2v) is 4.24. The van der Waals surface area contributed by atoms with Crippen LogP contribution in [0.4, 0.5) is 5.82 Å². The summed E-state index contributed by atoms with van der Waals surface area (Å²) in [5, 5.41) is 16.8. The molecule has 2 heterocycles. The Morgan fingerprint density at radius 1 is 1.16 bits per heavy atom. The summed E-state index contributed by atoms with van der Waals surface area (Å²) in [4.78, 5) is 4.43. The van der Waals surface area contributed by atoms with E-state index in [0.717, 1.165) is 17.0 Å². The number of fused-ring (bicyclic) bond motifs is 1. The summed E-state index contributed by atoms with van der Waals surface area (Å²) in [7, 11) is 0. The molecular formula is C14H14N4O. The third-order valence-corrected chi connectivity index (χ3v) is 2.96. The molecule has 1 aromatic carbocycles. The number of benzene rings is 1. The lowest BCUT2D eigenvalue weighted by Crippen LogP contribution is -2.15. The van der Waals surface area contributed by atoms with Gasteiger partial charge in [-0.3, -0.25) is 0 Å². The molecule has 0 spiro atoms. The van der Waals surface area contributed by atoms with E-state index < -0.39 is 0 Å². The van der Waals surface area contributed by atoms with Crippen molar-refractivity contribution in [3.05, 3.63) is 60.4 Å². The minimum atomic E-state index is -0.168. The van der Waals surface area contributed by atoms with Gasteiger partial charge in [-0.2, -0.15) is 5.10 Å². The fourth-order valence-electron chi connectivity index (χ4n) is 1.99. The van der Waals surface area contributed by atoms with E-state index in [4.69, 9.17) is 0 Å². The zero-order valence-electron chi connectivity index (χ0n) is 10.3. The summed E-state index contributed by atoms with van der Waals surface area (Å²) in [6.45, 7) is 0.0101. The van der Waals surface area contributed by atoms with E-state index in [9.17, 15) is 5.11 Å². The molecule has 19 heavy (non-hydrogen) atoms. The van der Waals surface area contributed by atoms with E-state index >= 15 is 0 Å². The average Bonchev–Trinajstić information content (AvgIpc) is 2.93. The molecule has 0 aliphatic carbocycles. The summed E-state index contributed by atoms with van der Waals surface area (Å²) >= 11 is 0. The minimum absolute atomic E-state index is 0.0101. The van der Waals surface area contributed by atoms with E-state index in [-0.39, 0.29) is 12.6 Å². The van der Waals surface area contributed by atoms with E-state index in [1.54, 1.807) is 10.7 Å². The van der Waals surface area contributed by atoms with Crippen molar-refractivity contribution in [2.24, 2.45) is 0 Å². The zero-order valence-corrected chi connectivity index (χ0v) is 10.3. The Balaban J connectivity index is 1.86. The zero-order chi connectivity index (χ0) is 13.1. The number of aliphatic hydroxyl groups excluding tert-OH is 1. The van der Waals surface area contributed by atoms with Gasteiger partial charge in [-0.25, -0.2) is 9.50 Å². The molecule has 0 saturated heterocycles. The molecule has 1 unspecified atom stereocenters. The Morgan fingerprint density at radius 3 is 2.79 bits per heavy atom. The highest BCUT2D eigenvalue weighted by Crippen LogP contribution is 2.17. The average molecular weight is 254 g/mol. The van der Waals surface area contributed by atoms with Crippen molar-refractivity contribution in [2.45, 2.75) is 6.04 Å². The predicted molar refractivity (Wildman–Crippen MR) is 72.9 cm³/mol. The topological polar surface area (TPSA) is 62.5 Å². The largest absolute Gasteiger partial charge is 0.394 e. The van der Waals surface area contributed by atoms with Crippen LogP contribution in [0.15, 0.2) is 54.9 Å². The summed E-state index contributed by atoms with van der Waals surface area (Å²) in [6, 6.07) is 13.3. The first kappa shape index (κ1) is 11.7. The highest BCUT2D eigenvalue weighted by molar-refractivity contribution is 5.46. The molecule has 3 rings (SSSR count). The maximum absolute atomic E-state index is 9.51. The number of nitrogens with one attached hydrogen (secondary N) is 1. The van der Waals surface area contributed by atoms with Crippen molar-refractivity contribution in [1.29, 1.82) is 0 Å². The van der Waals surface area contributed by atoms with Crippen LogP contribution in [-0.2, 0) is 0 Å². The van der Waals surface area contributed by atoms with Gasteiger partial charge < -0.3 is 10.4 Å². The van der Waals surface area contributed by atoms with Gasteiger partial charge in [0.25, 0.3) is 0 Å². The molecule has 1 atom stereocenters. The first-order valence-corrected chi connectivity index (χ1v) is 6.09. The number of rotatable bonds is 4. The summed E-state index contributed by atoms with van der Waals surface area (Å²) in [6.07, 6.45) is 3.54. The molecule has 2 N–H and O–H groups in total. The summed E-state index contributed by atoms with van der Waals surface area (Å²) in [5.41, 5.74) is 1.80. The van der Waals surface area contributed by atoms with Gasteiger partial charge in [0.05, 0.1) is 18.8 Å². The first-order chi connectivity index (χ1) is 9.36. The third-order valence-electron chi connectivity index (χ3n) is 2.96. The monoisotopic (exact) mass is 254 g/mol. The standard InChI is InChI=1S/C14H14N4O/c19-10-12(11-4-2-1-3-5-11)16-13-7-9-18-14(17-13)6-8-15-18/h1-9,12,19H,10H2,(H,16,17). The molecule has 0 radical (unpaired) electrons. The van der Waals surface area contributed by atoms with Crippen LogP contribution in [0, 0.1) is 0 Å². The Kier molecular flexibility index (Phi) is 3.12. The van der Waals surface area contributed by atoms with Crippen molar-refractivity contribution < 1.29 is 5.11 Å². The van der Waals surface area contributed by atoms with Crippen molar-refractivity contribution in [3.63, 3.8) is 0 Å². The number of nitrogens with zero attached hydrogens (tertiary/aromatic N) is 3. The van der Waals surface area contributed by atoms with E-state index in [1.807, 2.05) is 48.7 Å². The quantitative estimate of drug-likeness (QED) is 0.746. The first-order valence-electron chi connectivity index (χ1n) is 6.09. The van der Waals surface area contributed by atoms with Gasteiger partial charge in [-0.05, 0) is 11.6 Å². The summed E-state index contributed by atoms with van der Waals surface area (Å²) < 4.78 is 1.70. The molecule has 0 bridgehead atoms. The van der Waals surface area contributed by atoms with Crippen LogP contribution in [0.5, 0.6) is 0 Å². The van der Waals surface area contributed by atoms with Crippen LogP contribution in [0.3, 0.4) is 0 Å². The number of hydrogen-bond acceptors (Lipinski definition) is 4. The normalized spacial score (nSPS) is 12.5. The van der Waals surface area contributed by atoms with Crippen LogP contribution in [-0.4, -0.2) is 26.3 Å². The number of anilines is 1. The molecule has 0 saturated carbocycles. The van der Waals surface area contributed by atoms with Crippen molar-refractivity contribution in [3.8, 4) is 0 Å². The fraction of sp³-hybridized carbons (Fsp3) is 0.143. The molecule has 96 valence electrons. The molecule has 5 heteroatoms. The molecule has 0 amide bonds. The number of aliphatic hydroxyl groups is 1. The highest BCUT2D eigenvalue weighted by Gasteiger charge is 2.10. The van der Waals surface area contributed by atoms with Crippen LogP contribution in [0.1, 0.15) is 11.6 Å². The van der Waals surface area contributed by atoms with Gasteiger partial charge in [0, 0.05) is 12.3 Å². The van der Waals surface area contributed by atoms with Gasteiger partial charge in [0.1, 0.15) is 5.82 Å². The molecule has 2 aromatic heterocycles. The van der Waals surface area contributed by atoms with E-state index in [0.29, 0.717) is 0 Å². The van der Waals surface area contributed by atoms with Crippen LogP contribution < -0.4 is 5.32 Å². The Bertz CT molecular complexity index is 665. The second kappa shape index (κ2) is 5.07. The highest BCUT2D eigenvalue weighted by atomic mass is 16.3. The maximum atomic E-state index is 9.51.